The number of thiazole rings is 1. The second-order valence-corrected chi connectivity index (χ2v) is 9.75. The lowest BCUT2D eigenvalue weighted by Crippen LogP contribution is -2.38. The van der Waals surface area contributed by atoms with E-state index in [0.29, 0.717) is 23.8 Å². The summed E-state index contributed by atoms with van der Waals surface area (Å²) in [5.74, 6) is 1.71. The number of piperidine rings is 1. The minimum atomic E-state index is -0.0277. The number of hydrogen-bond donors (Lipinski definition) is 0. The quantitative estimate of drug-likeness (QED) is 0.329. The molecule has 0 aliphatic carbocycles. The molecule has 1 saturated heterocycles. The van der Waals surface area contributed by atoms with Gasteiger partial charge in [-0.25, -0.2) is 9.97 Å². The van der Waals surface area contributed by atoms with Gasteiger partial charge in [0, 0.05) is 35.0 Å². The minimum Gasteiger partial charge on any atom is -0.491 e. The summed E-state index contributed by atoms with van der Waals surface area (Å²) in [5.41, 5.74) is 2.99. The molecule has 170 valence electrons. The zero-order valence-corrected chi connectivity index (χ0v) is 20.0. The van der Waals surface area contributed by atoms with Crippen molar-refractivity contribution in [3.8, 4) is 16.3 Å². The number of rotatable bonds is 5. The topological polar surface area (TPSA) is 68.5 Å². The van der Waals surface area contributed by atoms with E-state index in [1.165, 1.54) is 11.3 Å². The summed E-state index contributed by atoms with van der Waals surface area (Å²) in [5, 5.41) is 3.31. The fourth-order valence-electron chi connectivity index (χ4n) is 4.04. The van der Waals surface area contributed by atoms with Crippen LogP contribution in [0.25, 0.3) is 21.7 Å². The third-order valence-corrected chi connectivity index (χ3v) is 6.82. The van der Waals surface area contributed by atoms with E-state index in [2.05, 4.69) is 9.97 Å². The van der Waals surface area contributed by atoms with Crippen LogP contribution in [0.15, 0.2) is 52.3 Å². The number of carbonyl (C=O) groups excluding carboxylic acids is 1. The standard InChI is InChI=1S/C25H24ClN3O3S/c1-15(2)31-19-6-3-17(4-7-19)24-28-21(14-33-24)25(30)29-11-9-16(10-12-29)23-27-20-13-18(26)5-8-22(20)32-23/h3-8,13-16H,9-12H2,1-2H3. The van der Waals surface area contributed by atoms with Crippen molar-refractivity contribution in [2.75, 3.05) is 13.1 Å². The van der Waals surface area contributed by atoms with Crippen molar-refractivity contribution in [3.63, 3.8) is 0 Å². The van der Waals surface area contributed by atoms with Crippen LogP contribution in [0.2, 0.25) is 5.02 Å². The molecule has 2 aromatic carbocycles. The van der Waals surface area contributed by atoms with Crippen molar-refractivity contribution in [2.24, 2.45) is 0 Å². The molecule has 33 heavy (non-hydrogen) atoms. The first-order chi connectivity index (χ1) is 16.0. The third kappa shape index (κ3) is 4.75. The van der Waals surface area contributed by atoms with Crippen molar-refractivity contribution < 1.29 is 13.9 Å². The first kappa shape index (κ1) is 21.9. The Balaban J connectivity index is 1.22. The van der Waals surface area contributed by atoms with Crippen molar-refractivity contribution in [1.82, 2.24) is 14.9 Å². The summed E-state index contributed by atoms with van der Waals surface area (Å²) < 4.78 is 11.6. The summed E-state index contributed by atoms with van der Waals surface area (Å²) in [6.07, 6.45) is 1.74. The monoisotopic (exact) mass is 481 g/mol. The average Bonchev–Trinajstić information content (AvgIpc) is 3.46. The number of ether oxygens (including phenoxy) is 1. The maximum atomic E-state index is 13.0. The van der Waals surface area contributed by atoms with Gasteiger partial charge in [-0.3, -0.25) is 4.79 Å². The maximum absolute atomic E-state index is 13.0. The van der Waals surface area contributed by atoms with E-state index < -0.39 is 0 Å². The Morgan fingerprint density at radius 1 is 1.15 bits per heavy atom. The SMILES string of the molecule is CC(C)Oc1ccc(-c2nc(C(=O)N3CCC(c4nc5cc(Cl)ccc5o4)CC3)cs2)cc1. The van der Waals surface area contributed by atoms with Gasteiger partial charge in [0.1, 0.15) is 22.0 Å². The summed E-state index contributed by atoms with van der Waals surface area (Å²) in [4.78, 5) is 24.1. The average molecular weight is 482 g/mol. The molecule has 3 heterocycles. The van der Waals surface area contributed by atoms with Crippen LogP contribution in [0.5, 0.6) is 5.75 Å². The highest BCUT2D eigenvalue weighted by Gasteiger charge is 2.28. The lowest BCUT2D eigenvalue weighted by molar-refractivity contribution is 0.0701. The first-order valence-electron chi connectivity index (χ1n) is 11.0. The minimum absolute atomic E-state index is 0.0277. The largest absolute Gasteiger partial charge is 0.491 e. The Morgan fingerprint density at radius 3 is 2.64 bits per heavy atom. The summed E-state index contributed by atoms with van der Waals surface area (Å²) in [6, 6.07) is 13.3. The van der Waals surface area contributed by atoms with E-state index in [9.17, 15) is 4.79 Å². The van der Waals surface area contributed by atoms with Crippen LogP contribution >= 0.6 is 22.9 Å². The second kappa shape index (κ2) is 9.15. The predicted molar refractivity (Wildman–Crippen MR) is 130 cm³/mol. The van der Waals surface area contributed by atoms with Crippen molar-refractivity contribution in [1.29, 1.82) is 0 Å². The zero-order chi connectivity index (χ0) is 22.9. The molecule has 0 bridgehead atoms. The van der Waals surface area contributed by atoms with Crippen molar-refractivity contribution in [2.45, 2.75) is 38.7 Å². The van der Waals surface area contributed by atoms with Gasteiger partial charge < -0.3 is 14.1 Å². The normalized spacial score (nSPS) is 14.8. The van der Waals surface area contributed by atoms with E-state index >= 15 is 0 Å². The summed E-state index contributed by atoms with van der Waals surface area (Å²) in [6.45, 7) is 5.30. The van der Waals surface area contributed by atoms with Gasteiger partial charge in [0.05, 0.1) is 6.10 Å². The number of benzene rings is 2. The highest BCUT2D eigenvalue weighted by molar-refractivity contribution is 7.13. The Kier molecular flexibility index (Phi) is 6.08. The number of hydrogen-bond acceptors (Lipinski definition) is 6. The predicted octanol–water partition coefficient (Wildman–Crippen LogP) is 6.41. The molecule has 0 saturated carbocycles. The summed E-state index contributed by atoms with van der Waals surface area (Å²) in [7, 11) is 0. The maximum Gasteiger partial charge on any atom is 0.273 e. The first-order valence-corrected chi connectivity index (χ1v) is 12.3. The number of oxazole rings is 1. The Bertz CT molecular complexity index is 1270. The van der Waals surface area contributed by atoms with Crippen LogP contribution in [0.1, 0.15) is 49.0 Å². The van der Waals surface area contributed by atoms with Gasteiger partial charge in [-0.05, 0) is 69.2 Å². The van der Waals surface area contributed by atoms with Gasteiger partial charge in [0.2, 0.25) is 0 Å². The molecule has 1 fully saturated rings. The Labute approximate surface area is 201 Å². The molecule has 0 spiro atoms. The highest BCUT2D eigenvalue weighted by atomic mass is 35.5. The van der Waals surface area contributed by atoms with Gasteiger partial charge in [0.25, 0.3) is 5.91 Å². The third-order valence-electron chi connectivity index (χ3n) is 5.69. The van der Waals surface area contributed by atoms with Crippen molar-refractivity contribution >= 4 is 39.9 Å². The van der Waals surface area contributed by atoms with Gasteiger partial charge in [-0.1, -0.05) is 11.6 Å². The molecule has 5 rings (SSSR count). The second-order valence-electron chi connectivity index (χ2n) is 8.46. The molecule has 2 aromatic heterocycles. The molecule has 0 unspecified atom stereocenters. The molecule has 0 N–H and O–H groups in total. The molecular weight excluding hydrogens is 458 g/mol. The van der Waals surface area contributed by atoms with Crippen LogP contribution in [0, 0.1) is 0 Å². The molecule has 8 heteroatoms. The van der Waals surface area contributed by atoms with Crippen LogP contribution in [0.4, 0.5) is 0 Å². The van der Waals surface area contributed by atoms with E-state index in [1.807, 2.05) is 60.5 Å². The van der Waals surface area contributed by atoms with Crippen molar-refractivity contribution in [3.05, 3.63) is 64.5 Å². The number of fused-ring (bicyclic) bond motifs is 1. The van der Waals surface area contributed by atoms with Gasteiger partial charge in [-0.15, -0.1) is 11.3 Å². The molecule has 0 atom stereocenters. The Morgan fingerprint density at radius 2 is 1.91 bits per heavy atom. The van der Waals surface area contributed by atoms with E-state index in [4.69, 9.17) is 20.8 Å². The number of nitrogens with zero attached hydrogens (tertiary/aromatic N) is 3. The van der Waals surface area contributed by atoms with E-state index in [0.717, 1.165) is 46.2 Å². The van der Waals surface area contributed by atoms with Crippen LogP contribution < -0.4 is 4.74 Å². The lowest BCUT2D eigenvalue weighted by atomic mass is 9.96. The number of carbonyl (C=O) groups is 1. The Hall–Kier alpha value is -2.90. The van der Waals surface area contributed by atoms with Crippen LogP contribution in [0.3, 0.4) is 0 Å². The fraction of sp³-hybridized carbons (Fsp3) is 0.320. The molecule has 1 aliphatic heterocycles. The number of amides is 1. The van der Waals surface area contributed by atoms with Crippen LogP contribution in [-0.4, -0.2) is 40.0 Å². The number of likely N-dealkylation sites (tertiary alicyclic amines) is 1. The molecule has 1 amide bonds. The number of aromatic nitrogens is 2. The van der Waals surface area contributed by atoms with E-state index in [1.54, 1.807) is 6.07 Å². The highest BCUT2D eigenvalue weighted by Crippen LogP contribution is 2.32. The fourth-order valence-corrected chi connectivity index (χ4v) is 5.00. The van der Waals surface area contributed by atoms with Crippen LogP contribution in [-0.2, 0) is 0 Å². The molecule has 6 nitrogen and oxygen atoms in total. The molecule has 4 aromatic rings. The molecule has 1 aliphatic rings. The summed E-state index contributed by atoms with van der Waals surface area (Å²) >= 11 is 7.54. The van der Waals surface area contributed by atoms with Gasteiger partial charge in [-0.2, -0.15) is 0 Å². The molecule has 0 radical (unpaired) electrons. The molecular formula is C25H24ClN3O3S. The van der Waals surface area contributed by atoms with Gasteiger partial charge >= 0.3 is 0 Å². The lowest BCUT2D eigenvalue weighted by Gasteiger charge is -2.30. The zero-order valence-electron chi connectivity index (χ0n) is 18.5. The smallest absolute Gasteiger partial charge is 0.273 e. The van der Waals surface area contributed by atoms with Gasteiger partial charge in [0.15, 0.2) is 11.5 Å². The van der Waals surface area contributed by atoms with E-state index in [-0.39, 0.29) is 17.9 Å². The number of halogens is 1.